The SMILES string of the molecule is CCOc1ccc2c(c1)C(=O)[C@@H](N1C(=O)c3ccccc3C1=O)C2. The molecule has 1 aliphatic carbocycles. The van der Waals surface area contributed by atoms with Crippen LogP contribution in [0.15, 0.2) is 42.5 Å². The Labute approximate surface area is 138 Å². The highest BCUT2D eigenvalue weighted by Crippen LogP contribution is 2.33. The quantitative estimate of drug-likeness (QED) is 0.815. The first-order valence-corrected chi connectivity index (χ1v) is 7.88. The van der Waals surface area contributed by atoms with Gasteiger partial charge in [-0.05, 0) is 36.8 Å². The van der Waals surface area contributed by atoms with Gasteiger partial charge in [0.2, 0.25) is 0 Å². The molecular weight excluding hydrogens is 306 g/mol. The van der Waals surface area contributed by atoms with E-state index < -0.39 is 17.9 Å². The fourth-order valence-electron chi connectivity index (χ4n) is 3.40. The van der Waals surface area contributed by atoms with Gasteiger partial charge in [-0.1, -0.05) is 18.2 Å². The number of ketones is 1. The molecule has 1 heterocycles. The summed E-state index contributed by atoms with van der Waals surface area (Å²) in [6, 6.07) is 11.2. The molecule has 2 amide bonds. The topological polar surface area (TPSA) is 63.7 Å². The highest BCUT2D eigenvalue weighted by Gasteiger charge is 2.45. The molecule has 0 saturated carbocycles. The smallest absolute Gasteiger partial charge is 0.262 e. The standard InChI is InChI=1S/C19H15NO4/c1-2-24-12-8-7-11-9-16(17(21)15(11)10-12)20-18(22)13-5-3-4-6-14(13)19(20)23/h3-8,10,16H,2,9H2,1H3/t16-/m0/s1. The number of rotatable bonds is 3. The number of nitrogens with zero attached hydrogens (tertiary/aromatic N) is 1. The Morgan fingerprint density at radius 2 is 1.67 bits per heavy atom. The van der Waals surface area contributed by atoms with Gasteiger partial charge in [0.15, 0.2) is 5.78 Å². The number of imide groups is 1. The normalized spacial score (nSPS) is 18.8. The summed E-state index contributed by atoms with van der Waals surface area (Å²) in [5, 5.41) is 0. The van der Waals surface area contributed by atoms with Crippen LogP contribution in [0, 0.1) is 0 Å². The summed E-state index contributed by atoms with van der Waals surface area (Å²) in [5.41, 5.74) is 2.09. The predicted octanol–water partition coefficient (Wildman–Crippen LogP) is 2.49. The fourth-order valence-corrected chi connectivity index (χ4v) is 3.40. The summed E-state index contributed by atoms with van der Waals surface area (Å²) in [7, 11) is 0. The summed E-state index contributed by atoms with van der Waals surface area (Å²) in [5.74, 6) is -0.382. The Bertz CT molecular complexity index is 852. The van der Waals surface area contributed by atoms with Crippen LogP contribution in [0.3, 0.4) is 0 Å². The summed E-state index contributed by atoms with van der Waals surface area (Å²) < 4.78 is 5.43. The second-order valence-electron chi connectivity index (χ2n) is 5.86. The molecule has 0 fully saturated rings. The van der Waals surface area contributed by atoms with E-state index in [-0.39, 0.29) is 5.78 Å². The predicted molar refractivity (Wildman–Crippen MR) is 86.4 cm³/mol. The molecule has 0 N–H and O–H groups in total. The molecular formula is C19H15NO4. The Morgan fingerprint density at radius 1 is 1.00 bits per heavy atom. The van der Waals surface area contributed by atoms with Crippen molar-refractivity contribution in [3.63, 3.8) is 0 Å². The number of carbonyl (C=O) groups excluding carboxylic acids is 3. The summed E-state index contributed by atoms with van der Waals surface area (Å²) in [6.07, 6.45) is 0.353. The van der Waals surface area contributed by atoms with Crippen molar-refractivity contribution in [2.45, 2.75) is 19.4 Å². The number of ether oxygens (including phenoxy) is 1. The molecule has 5 heteroatoms. The molecule has 4 rings (SSSR count). The first-order valence-electron chi connectivity index (χ1n) is 7.88. The summed E-state index contributed by atoms with van der Waals surface area (Å²) >= 11 is 0. The molecule has 2 aliphatic rings. The van der Waals surface area contributed by atoms with E-state index in [1.165, 1.54) is 0 Å². The third-order valence-electron chi connectivity index (χ3n) is 4.51. The molecule has 5 nitrogen and oxygen atoms in total. The molecule has 0 aromatic heterocycles. The monoisotopic (exact) mass is 321 g/mol. The Balaban J connectivity index is 1.69. The van der Waals surface area contributed by atoms with E-state index >= 15 is 0 Å². The summed E-state index contributed by atoms with van der Waals surface area (Å²) in [4.78, 5) is 39.1. The van der Waals surface area contributed by atoms with Crippen molar-refractivity contribution < 1.29 is 19.1 Å². The van der Waals surface area contributed by atoms with Crippen molar-refractivity contribution in [2.75, 3.05) is 6.61 Å². The molecule has 0 unspecified atom stereocenters. The lowest BCUT2D eigenvalue weighted by molar-refractivity contribution is 0.0551. The molecule has 24 heavy (non-hydrogen) atoms. The molecule has 0 radical (unpaired) electrons. The second kappa shape index (κ2) is 5.30. The van der Waals surface area contributed by atoms with Gasteiger partial charge >= 0.3 is 0 Å². The molecule has 2 aromatic carbocycles. The highest BCUT2D eigenvalue weighted by atomic mass is 16.5. The van der Waals surface area contributed by atoms with Crippen molar-refractivity contribution in [3.8, 4) is 5.75 Å². The second-order valence-corrected chi connectivity index (χ2v) is 5.86. The van der Waals surface area contributed by atoms with Gasteiger partial charge in [-0.2, -0.15) is 0 Å². The van der Waals surface area contributed by atoms with Crippen LogP contribution in [-0.2, 0) is 6.42 Å². The van der Waals surface area contributed by atoms with E-state index in [1.807, 2.05) is 13.0 Å². The summed E-state index contributed by atoms with van der Waals surface area (Å²) in [6.45, 7) is 2.38. The lowest BCUT2D eigenvalue weighted by atomic mass is 10.1. The average molecular weight is 321 g/mol. The van der Waals surface area contributed by atoms with Crippen LogP contribution in [0.25, 0.3) is 0 Å². The molecule has 0 bridgehead atoms. The number of benzene rings is 2. The van der Waals surface area contributed by atoms with Gasteiger partial charge in [0.25, 0.3) is 11.8 Å². The zero-order valence-electron chi connectivity index (χ0n) is 13.1. The maximum atomic E-state index is 12.8. The van der Waals surface area contributed by atoms with Crippen molar-refractivity contribution >= 4 is 17.6 Å². The fraction of sp³-hybridized carbons (Fsp3) is 0.211. The molecule has 120 valence electrons. The van der Waals surface area contributed by atoms with Crippen molar-refractivity contribution in [1.29, 1.82) is 0 Å². The van der Waals surface area contributed by atoms with Gasteiger partial charge in [0, 0.05) is 12.0 Å². The van der Waals surface area contributed by atoms with Crippen molar-refractivity contribution in [1.82, 2.24) is 4.90 Å². The van der Waals surface area contributed by atoms with Crippen LogP contribution in [0.1, 0.15) is 43.6 Å². The van der Waals surface area contributed by atoms with E-state index in [1.54, 1.807) is 36.4 Å². The lowest BCUT2D eigenvalue weighted by Crippen LogP contribution is -2.43. The van der Waals surface area contributed by atoms with Crippen LogP contribution in [0.5, 0.6) is 5.75 Å². The van der Waals surface area contributed by atoms with Crippen LogP contribution in [-0.4, -0.2) is 35.1 Å². The van der Waals surface area contributed by atoms with Crippen LogP contribution in [0.4, 0.5) is 0 Å². The Morgan fingerprint density at radius 3 is 2.29 bits per heavy atom. The number of Topliss-reactive ketones (excluding diaryl/α,β-unsaturated/α-hetero) is 1. The van der Waals surface area contributed by atoms with Crippen molar-refractivity contribution in [2.24, 2.45) is 0 Å². The number of fused-ring (bicyclic) bond motifs is 2. The van der Waals surface area contributed by atoms with Crippen molar-refractivity contribution in [3.05, 3.63) is 64.7 Å². The Hall–Kier alpha value is -2.95. The molecule has 0 saturated heterocycles. The van der Waals surface area contributed by atoms with Gasteiger partial charge in [0.05, 0.1) is 17.7 Å². The number of amides is 2. The van der Waals surface area contributed by atoms with E-state index in [2.05, 4.69) is 0 Å². The molecule has 1 aliphatic heterocycles. The van der Waals surface area contributed by atoms with E-state index in [0.717, 1.165) is 10.5 Å². The first-order chi connectivity index (χ1) is 11.6. The first kappa shape index (κ1) is 14.6. The number of hydrogen-bond acceptors (Lipinski definition) is 4. The van der Waals surface area contributed by atoms with E-state index in [9.17, 15) is 14.4 Å². The molecule has 1 atom stereocenters. The van der Waals surface area contributed by atoms with Crippen LogP contribution in [0.2, 0.25) is 0 Å². The van der Waals surface area contributed by atoms with Crippen LogP contribution >= 0.6 is 0 Å². The van der Waals surface area contributed by atoms with Crippen LogP contribution < -0.4 is 4.74 Å². The molecule has 0 spiro atoms. The van der Waals surface area contributed by atoms with E-state index in [4.69, 9.17) is 4.74 Å². The minimum atomic E-state index is -0.774. The maximum absolute atomic E-state index is 12.8. The van der Waals surface area contributed by atoms with E-state index in [0.29, 0.717) is 35.5 Å². The highest BCUT2D eigenvalue weighted by molar-refractivity contribution is 6.24. The largest absolute Gasteiger partial charge is 0.494 e. The van der Waals surface area contributed by atoms with Gasteiger partial charge in [-0.15, -0.1) is 0 Å². The minimum Gasteiger partial charge on any atom is -0.494 e. The van der Waals surface area contributed by atoms with Gasteiger partial charge in [0.1, 0.15) is 11.8 Å². The molecule has 2 aromatic rings. The zero-order chi connectivity index (χ0) is 16.8. The maximum Gasteiger partial charge on any atom is 0.262 e. The average Bonchev–Trinajstić information content (AvgIpc) is 3.04. The minimum absolute atomic E-state index is 0.207. The zero-order valence-corrected chi connectivity index (χ0v) is 13.1. The number of carbonyl (C=O) groups is 3. The lowest BCUT2D eigenvalue weighted by Gasteiger charge is -2.20. The van der Waals surface area contributed by atoms with Gasteiger partial charge in [-0.3, -0.25) is 19.3 Å². The van der Waals surface area contributed by atoms with Gasteiger partial charge in [-0.25, -0.2) is 0 Å². The Kier molecular flexibility index (Phi) is 3.23. The third kappa shape index (κ3) is 1.98. The van der Waals surface area contributed by atoms with Gasteiger partial charge < -0.3 is 4.74 Å². The third-order valence-corrected chi connectivity index (χ3v) is 4.51. The number of hydrogen-bond donors (Lipinski definition) is 0.